The highest BCUT2D eigenvalue weighted by molar-refractivity contribution is 7.98. The van der Waals surface area contributed by atoms with E-state index in [1.54, 1.807) is 12.3 Å². The van der Waals surface area contributed by atoms with Crippen molar-refractivity contribution >= 4 is 35.0 Å². The molecule has 0 saturated carbocycles. The number of nitrogens with zero attached hydrogens (tertiary/aromatic N) is 2. The summed E-state index contributed by atoms with van der Waals surface area (Å²) in [5, 5.41) is 8.60. The predicted octanol–water partition coefficient (Wildman–Crippen LogP) is 4.24. The lowest BCUT2D eigenvalue weighted by molar-refractivity contribution is -0.274. The topological polar surface area (TPSA) is 78.8 Å². The number of hydrogen-bond acceptors (Lipinski definition) is 5. The van der Waals surface area contributed by atoms with Gasteiger partial charge in [-0.1, -0.05) is 35.0 Å². The number of aromatic nitrogens is 2. The van der Waals surface area contributed by atoms with Gasteiger partial charge in [-0.2, -0.15) is 5.26 Å². The van der Waals surface area contributed by atoms with E-state index in [4.69, 9.17) is 28.5 Å². The van der Waals surface area contributed by atoms with Crippen LogP contribution in [0.4, 0.5) is 13.2 Å². The largest absolute Gasteiger partial charge is 0.573 e. The van der Waals surface area contributed by atoms with Crippen molar-refractivity contribution in [2.45, 2.75) is 11.5 Å². The highest BCUT2D eigenvalue weighted by Gasteiger charge is 2.33. The van der Waals surface area contributed by atoms with Gasteiger partial charge in [0, 0.05) is 5.56 Å². The van der Waals surface area contributed by atoms with Crippen LogP contribution in [-0.2, 0) is 0 Å². The lowest BCUT2D eigenvalue weighted by Crippen LogP contribution is -2.18. The van der Waals surface area contributed by atoms with Crippen LogP contribution in [0.3, 0.4) is 0 Å². The summed E-state index contributed by atoms with van der Waals surface area (Å²) in [5.74, 6) is -0.761. The molecule has 0 spiro atoms. The molecule has 0 aliphatic heterocycles. The number of halogens is 5. The second-order valence-electron chi connectivity index (χ2n) is 4.23. The molecule has 0 aliphatic rings. The van der Waals surface area contributed by atoms with E-state index in [1.807, 2.05) is 0 Å². The van der Waals surface area contributed by atoms with Crippen molar-refractivity contribution in [2.75, 3.05) is 6.26 Å². The Bertz CT molecular complexity index is 894. The molecule has 126 valence electrons. The molecule has 1 heterocycles. The molecule has 0 bridgehead atoms. The third kappa shape index (κ3) is 3.95. The zero-order valence-electron chi connectivity index (χ0n) is 11.7. The number of thioether (sulfide) groups is 1. The van der Waals surface area contributed by atoms with Crippen molar-refractivity contribution in [1.29, 1.82) is 5.26 Å². The van der Waals surface area contributed by atoms with Crippen LogP contribution >= 0.6 is 35.0 Å². The Balaban J connectivity index is 2.72. The number of ether oxygens (including phenoxy) is 1. The van der Waals surface area contributed by atoms with Gasteiger partial charge in [0.05, 0.1) is 10.7 Å². The molecule has 0 amide bonds. The smallest absolute Gasteiger partial charge is 0.404 e. The molecule has 5 nitrogen and oxygen atoms in total. The van der Waals surface area contributed by atoms with Gasteiger partial charge in [0.2, 0.25) is 0 Å². The van der Waals surface area contributed by atoms with E-state index in [0.29, 0.717) is 0 Å². The van der Waals surface area contributed by atoms with Crippen LogP contribution in [-0.4, -0.2) is 22.6 Å². The normalized spacial score (nSPS) is 11.2. The van der Waals surface area contributed by atoms with E-state index in [-0.39, 0.29) is 27.0 Å². The average molecular weight is 396 g/mol. The van der Waals surface area contributed by atoms with Gasteiger partial charge in [-0.25, -0.2) is 4.98 Å². The minimum atomic E-state index is -4.99. The van der Waals surface area contributed by atoms with Gasteiger partial charge >= 0.3 is 6.36 Å². The Hall–Kier alpha value is -1.89. The number of hydrogen-bond donors (Lipinski definition) is 1. The fourth-order valence-electron chi connectivity index (χ4n) is 1.76. The Morgan fingerprint density at radius 3 is 2.58 bits per heavy atom. The Morgan fingerprint density at radius 2 is 2.04 bits per heavy atom. The van der Waals surface area contributed by atoms with Gasteiger partial charge in [-0.3, -0.25) is 4.79 Å². The zero-order valence-corrected chi connectivity index (χ0v) is 14.0. The highest BCUT2D eigenvalue weighted by atomic mass is 35.5. The first-order valence-corrected chi connectivity index (χ1v) is 7.98. The molecule has 11 heteroatoms. The van der Waals surface area contributed by atoms with E-state index < -0.39 is 22.7 Å². The van der Waals surface area contributed by atoms with E-state index in [1.165, 1.54) is 6.07 Å². The Labute approximate surface area is 147 Å². The third-order valence-electron chi connectivity index (χ3n) is 2.70. The second-order valence-corrected chi connectivity index (χ2v) is 5.81. The van der Waals surface area contributed by atoms with Gasteiger partial charge in [-0.15, -0.1) is 13.2 Å². The summed E-state index contributed by atoms with van der Waals surface area (Å²) < 4.78 is 41.2. The van der Waals surface area contributed by atoms with Crippen LogP contribution in [0.2, 0.25) is 10.0 Å². The first kappa shape index (κ1) is 18.4. The maximum atomic E-state index is 12.5. The summed E-state index contributed by atoms with van der Waals surface area (Å²) in [6.45, 7) is 0. The van der Waals surface area contributed by atoms with Crippen molar-refractivity contribution in [1.82, 2.24) is 9.97 Å². The van der Waals surface area contributed by atoms with E-state index in [0.717, 1.165) is 17.8 Å². The lowest BCUT2D eigenvalue weighted by Gasteiger charge is -2.13. The lowest BCUT2D eigenvalue weighted by atomic mass is 10.1. The van der Waals surface area contributed by atoms with Crippen molar-refractivity contribution in [2.24, 2.45) is 0 Å². The number of H-pyrrole nitrogens is 1. The molecule has 0 saturated heterocycles. The Morgan fingerprint density at radius 1 is 1.38 bits per heavy atom. The van der Waals surface area contributed by atoms with Crippen LogP contribution in [0.5, 0.6) is 5.75 Å². The van der Waals surface area contributed by atoms with Crippen molar-refractivity contribution < 1.29 is 17.9 Å². The summed E-state index contributed by atoms with van der Waals surface area (Å²) in [7, 11) is 0. The first-order chi connectivity index (χ1) is 11.2. The molecule has 1 aromatic carbocycles. The second kappa shape index (κ2) is 6.93. The van der Waals surface area contributed by atoms with Crippen molar-refractivity contribution in [3.8, 4) is 23.1 Å². The van der Waals surface area contributed by atoms with Crippen molar-refractivity contribution in [3.63, 3.8) is 0 Å². The molecule has 1 N–H and O–H groups in total. The van der Waals surface area contributed by atoms with Crippen LogP contribution < -0.4 is 10.3 Å². The highest BCUT2D eigenvalue weighted by Crippen LogP contribution is 2.39. The molecular formula is C13H6Cl2F3N3O2S. The van der Waals surface area contributed by atoms with E-state index in [2.05, 4.69) is 14.7 Å². The van der Waals surface area contributed by atoms with Crippen LogP contribution in [0, 0.1) is 11.3 Å². The minimum absolute atomic E-state index is 0.0124. The average Bonchev–Trinajstić information content (AvgIpc) is 2.49. The number of nitriles is 1. The molecule has 24 heavy (non-hydrogen) atoms. The molecule has 0 atom stereocenters. The standard InChI is InChI=1S/C13H6Cl2F3N3O2S/c1-24-12-20-10(6(4-19)11(22)21-12)5-2-7(14)9(15)8(3-5)23-13(16,17)18/h2-3H,1H3,(H,20,21,22). The predicted molar refractivity (Wildman–Crippen MR) is 83.5 cm³/mol. The van der Waals surface area contributed by atoms with Gasteiger partial charge < -0.3 is 9.72 Å². The first-order valence-electron chi connectivity index (χ1n) is 6.00. The molecule has 2 rings (SSSR count). The molecule has 1 aromatic heterocycles. The monoisotopic (exact) mass is 395 g/mol. The Kier molecular flexibility index (Phi) is 5.32. The van der Waals surface area contributed by atoms with Gasteiger partial charge in [0.25, 0.3) is 5.56 Å². The third-order valence-corrected chi connectivity index (χ3v) is 4.06. The summed E-state index contributed by atoms with van der Waals surface area (Å²) in [6.07, 6.45) is -3.36. The number of benzene rings is 1. The maximum absolute atomic E-state index is 12.5. The van der Waals surface area contributed by atoms with Gasteiger partial charge in [-0.05, 0) is 18.4 Å². The van der Waals surface area contributed by atoms with Crippen LogP contribution in [0.15, 0.2) is 22.1 Å². The van der Waals surface area contributed by atoms with E-state index in [9.17, 15) is 18.0 Å². The molecule has 0 radical (unpaired) electrons. The molecule has 2 aromatic rings. The quantitative estimate of drug-likeness (QED) is 0.621. The fraction of sp³-hybridized carbons (Fsp3) is 0.154. The number of rotatable bonds is 3. The van der Waals surface area contributed by atoms with Crippen LogP contribution in [0.25, 0.3) is 11.3 Å². The number of aromatic amines is 1. The number of nitrogens with one attached hydrogen (secondary N) is 1. The summed E-state index contributed by atoms with van der Waals surface area (Å²) in [6, 6.07) is 3.77. The minimum Gasteiger partial charge on any atom is -0.404 e. The van der Waals surface area contributed by atoms with Crippen molar-refractivity contribution in [3.05, 3.63) is 38.1 Å². The fourth-order valence-corrected chi connectivity index (χ4v) is 2.50. The summed E-state index contributed by atoms with van der Waals surface area (Å²) >= 11 is 12.6. The molecule has 0 aliphatic carbocycles. The molecular weight excluding hydrogens is 390 g/mol. The van der Waals surface area contributed by atoms with Gasteiger partial charge in [0.1, 0.15) is 22.4 Å². The van der Waals surface area contributed by atoms with Gasteiger partial charge in [0.15, 0.2) is 5.16 Å². The summed E-state index contributed by atoms with van der Waals surface area (Å²) in [5.41, 5.74) is -1.24. The zero-order chi connectivity index (χ0) is 18.1. The molecule has 0 fully saturated rings. The number of alkyl halides is 3. The van der Waals surface area contributed by atoms with E-state index >= 15 is 0 Å². The SMILES string of the molecule is CSc1nc(-c2cc(Cl)c(Cl)c(OC(F)(F)F)c2)c(C#N)c(=O)[nH]1. The van der Waals surface area contributed by atoms with Crippen LogP contribution in [0.1, 0.15) is 5.56 Å². The summed E-state index contributed by atoms with van der Waals surface area (Å²) in [4.78, 5) is 18.3. The maximum Gasteiger partial charge on any atom is 0.573 e. The molecule has 0 unspecified atom stereocenters.